The third-order valence-electron chi connectivity index (χ3n) is 3.71. The van der Waals surface area contributed by atoms with Gasteiger partial charge in [-0.1, -0.05) is 6.07 Å². The van der Waals surface area contributed by atoms with Crippen molar-refractivity contribution in [2.45, 2.75) is 25.3 Å². The Morgan fingerprint density at radius 3 is 2.68 bits per heavy atom. The Labute approximate surface area is 125 Å². The van der Waals surface area contributed by atoms with Crippen LogP contribution in [-0.4, -0.2) is 25.6 Å². The van der Waals surface area contributed by atoms with Crippen molar-refractivity contribution in [3.8, 4) is 0 Å². The predicted octanol–water partition coefficient (Wildman–Crippen LogP) is 2.57. The third-order valence-corrected chi connectivity index (χ3v) is 3.71. The van der Waals surface area contributed by atoms with Crippen LogP contribution in [0.2, 0.25) is 0 Å². The minimum atomic E-state index is -0.581. The van der Waals surface area contributed by atoms with E-state index in [0.29, 0.717) is 23.3 Å². The van der Waals surface area contributed by atoms with Crippen molar-refractivity contribution >= 4 is 11.5 Å². The van der Waals surface area contributed by atoms with Gasteiger partial charge in [-0.05, 0) is 25.0 Å². The fourth-order valence-corrected chi connectivity index (χ4v) is 2.38. The van der Waals surface area contributed by atoms with Crippen LogP contribution in [0.15, 0.2) is 30.6 Å². The highest BCUT2D eigenvalue weighted by atomic mass is 19.1. The van der Waals surface area contributed by atoms with Gasteiger partial charge in [-0.2, -0.15) is 0 Å². The van der Waals surface area contributed by atoms with Gasteiger partial charge in [0.15, 0.2) is 5.82 Å². The summed E-state index contributed by atoms with van der Waals surface area (Å²) < 4.78 is 29.3. The van der Waals surface area contributed by atoms with E-state index in [4.69, 9.17) is 0 Å². The molecule has 0 amide bonds. The molecule has 4 rings (SSSR count). The van der Waals surface area contributed by atoms with Gasteiger partial charge >= 0.3 is 0 Å². The van der Waals surface area contributed by atoms with Crippen molar-refractivity contribution in [3.05, 3.63) is 53.6 Å². The summed E-state index contributed by atoms with van der Waals surface area (Å²) in [7, 11) is 0. The second-order valence-corrected chi connectivity index (χ2v) is 5.38. The first-order valence-electron chi connectivity index (χ1n) is 7.10. The number of hydrogen-bond donors (Lipinski definition) is 1. The SMILES string of the molecule is Fc1cccc(F)c1Cc1nnc2c(NC3CC3)nccn12. The summed E-state index contributed by atoms with van der Waals surface area (Å²) in [4.78, 5) is 4.26. The third kappa shape index (κ3) is 2.28. The molecule has 1 aliphatic carbocycles. The molecule has 0 aliphatic heterocycles. The average Bonchev–Trinajstić information content (AvgIpc) is 3.22. The van der Waals surface area contributed by atoms with Crippen molar-refractivity contribution in [2.75, 3.05) is 5.32 Å². The number of rotatable bonds is 4. The summed E-state index contributed by atoms with van der Waals surface area (Å²) in [6.45, 7) is 0. The molecule has 1 saturated carbocycles. The van der Waals surface area contributed by atoms with Gasteiger partial charge in [0.25, 0.3) is 0 Å². The standard InChI is InChI=1S/C15H13F2N5/c16-11-2-1-3-12(17)10(11)8-13-20-21-15-14(19-9-4-5-9)18-6-7-22(13)15/h1-3,6-7,9H,4-5,8H2,(H,18,19). The molecule has 0 unspecified atom stereocenters. The first-order chi connectivity index (χ1) is 10.7. The van der Waals surface area contributed by atoms with Crippen LogP contribution >= 0.6 is 0 Å². The van der Waals surface area contributed by atoms with Gasteiger partial charge < -0.3 is 5.32 Å². The number of nitrogens with zero attached hydrogens (tertiary/aromatic N) is 4. The van der Waals surface area contributed by atoms with Gasteiger partial charge in [-0.15, -0.1) is 10.2 Å². The number of nitrogens with one attached hydrogen (secondary N) is 1. The smallest absolute Gasteiger partial charge is 0.203 e. The molecule has 3 aromatic rings. The maximum Gasteiger partial charge on any atom is 0.203 e. The second-order valence-electron chi connectivity index (χ2n) is 5.38. The molecule has 0 radical (unpaired) electrons. The quantitative estimate of drug-likeness (QED) is 0.804. The Hall–Kier alpha value is -2.57. The van der Waals surface area contributed by atoms with E-state index in [1.165, 1.54) is 18.2 Å². The number of hydrogen-bond acceptors (Lipinski definition) is 4. The summed E-state index contributed by atoms with van der Waals surface area (Å²) >= 11 is 0. The Morgan fingerprint density at radius 2 is 1.95 bits per heavy atom. The molecule has 7 heteroatoms. The molecule has 5 nitrogen and oxygen atoms in total. The van der Waals surface area contributed by atoms with Gasteiger partial charge in [0, 0.05) is 30.4 Å². The van der Waals surface area contributed by atoms with Crippen molar-refractivity contribution in [3.63, 3.8) is 0 Å². The Kier molecular flexibility index (Phi) is 2.99. The Morgan fingerprint density at radius 1 is 1.18 bits per heavy atom. The van der Waals surface area contributed by atoms with E-state index in [0.717, 1.165) is 12.8 Å². The van der Waals surface area contributed by atoms with Gasteiger partial charge in [-0.3, -0.25) is 4.40 Å². The van der Waals surface area contributed by atoms with E-state index in [1.807, 2.05) is 0 Å². The predicted molar refractivity (Wildman–Crippen MR) is 76.6 cm³/mol. The molecule has 2 aromatic heterocycles. The van der Waals surface area contributed by atoms with Gasteiger partial charge in [0.1, 0.15) is 17.5 Å². The minimum absolute atomic E-state index is 0.00897. The molecule has 0 saturated heterocycles. The monoisotopic (exact) mass is 301 g/mol. The second kappa shape index (κ2) is 5.01. The van der Waals surface area contributed by atoms with Crippen LogP contribution in [0.5, 0.6) is 0 Å². The van der Waals surface area contributed by atoms with E-state index >= 15 is 0 Å². The molecule has 0 spiro atoms. The molecular weight excluding hydrogens is 288 g/mol. The Bertz CT molecular complexity index is 821. The molecule has 0 atom stereocenters. The summed E-state index contributed by atoms with van der Waals surface area (Å²) in [5.41, 5.74) is 0.562. The zero-order valence-electron chi connectivity index (χ0n) is 11.6. The van der Waals surface area contributed by atoms with Crippen LogP contribution in [0.25, 0.3) is 5.65 Å². The Balaban J connectivity index is 1.73. The number of aromatic nitrogens is 4. The lowest BCUT2D eigenvalue weighted by Gasteiger charge is -2.06. The maximum atomic E-state index is 13.8. The average molecular weight is 301 g/mol. The van der Waals surface area contributed by atoms with E-state index in [2.05, 4.69) is 20.5 Å². The number of halogens is 2. The van der Waals surface area contributed by atoms with E-state index in [9.17, 15) is 8.78 Å². The zero-order valence-corrected chi connectivity index (χ0v) is 11.6. The molecule has 1 N–H and O–H groups in total. The first-order valence-corrected chi connectivity index (χ1v) is 7.10. The van der Waals surface area contributed by atoms with Crippen LogP contribution in [0.3, 0.4) is 0 Å². The van der Waals surface area contributed by atoms with Crippen LogP contribution in [-0.2, 0) is 6.42 Å². The van der Waals surface area contributed by atoms with Crippen LogP contribution < -0.4 is 5.32 Å². The van der Waals surface area contributed by atoms with Crippen molar-refractivity contribution in [1.82, 2.24) is 19.6 Å². The fraction of sp³-hybridized carbons (Fsp3) is 0.267. The number of fused-ring (bicyclic) bond motifs is 1. The van der Waals surface area contributed by atoms with E-state index in [-0.39, 0.29) is 12.0 Å². The van der Waals surface area contributed by atoms with Crippen LogP contribution in [0.4, 0.5) is 14.6 Å². The topological polar surface area (TPSA) is 55.1 Å². The summed E-state index contributed by atoms with van der Waals surface area (Å²) in [6, 6.07) is 4.26. The lowest BCUT2D eigenvalue weighted by atomic mass is 10.1. The van der Waals surface area contributed by atoms with Gasteiger partial charge in [0.05, 0.1) is 0 Å². The zero-order chi connectivity index (χ0) is 15.1. The minimum Gasteiger partial charge on any atom is -0.364 e. The molecular formula is C15H13F2N5. The van der Waals surface area contributed by atoms with E-state index in [1.54, 1.807) is 16.8 Å². The lowest BCUT2D eigenvalue weighted by molar-refractivity contribution is 0.558. The van der Waals surface area contributed by atoms with E-state index < -0.39 is 11.6 Å². The summed E-state index contributed by atoms with van der Waals surface area (Å²) in [5.74, 6) is -0.0396. The molecule has 112 valence electrons. The summed E-state index contributed by atoms with van der Waals surface area (Å²) in [5, 5.41) is 11.4. The molecule has 1 fully saturated rings. The number of anilines is 1. The molecule has 1 aromatic carbocycles. The van der Waals surface area contributed by atoms with Gasteiger partial charge in [-0.25, -0.2) is 13.8 Å². The first kappa shape index (κ1) is 13.1. The lowest BCUT2D eigenvalue weighted by Crippen LogP contribution is -2.06. The maximum absolute atomic E-state index is 13.8. The molecule has 1 aliphatic rings. The molecule has 0 bridgehead atoms. The summed E-state index contributed by atoms with van der Waals surface area (Å²) in [6.07, 6.45) is 5.59. The van der Waals surface area contributed by atoms with Crippen LogP contribution in [0.1, 0.15) is 24.2 Å². The molecule has 2 heterocycles. The van der Waals surface area contributed by atoms with Crippen LogP contribution in [0, 0.1) is 11.6 Å². The largest absolute Gasteiger partial charge is 0.364 e. The highest BCUT2D eigenvalue weighted by Crippen LogP contribution is 2.25. The van der Waals surface area contributed by atoms with Crippen molar-refractivity contribution in [2.24, 2.45) is 0 Å². The number of benzene rings is 1. The van der Waals surface area contributed by atoms with Crippen molar-refractivity contribution < 1.29 is 8.78 Å². The highest BCUT2D eigenvalue weighted by Gasteiger charge is 2.23. The molecule has 22 heavy (non-hydrogen) atoms. The highest BCUT2D eigenvalue weighted by molar-refractivity contribution is 5.63. The normalized spacial score (nSPS) is 14.5. The fourth-order valence-electron chi connectivity index (χ4n) is 2.38. The van der Waals surface area contributed by atoms with Gasteiger partial charge in [0.2, 0.25) is 5.65 Å². The van der Waals surface area contributed by atoms with Crippen molar-refractivity contribution in [1.29, 1.82) is 0 Å².